The summed E-state index contributed by atoms with van der Waals surface area (Å²) in [4.78, 5) is 43.0. The SMILES string of the molecule is CCOC(=O)Cn1c(=O)n(C2C[C@@H]3CC[C@@H](C)[C@H](C2)N3C2C[C@H]3CCCC[C@@H](C2)C3)c(=O)c2ccccc21. The van der Waals surface area contributed by atoms with E-state index in [1.807, 2.05) is 6.07 Å². The van der Waals surface area contributed by atoms with Gasteiger partial charge >= 0.3 is 11.7 Å². The second kappa shape index (κ2) is 10.6. The van der Waals surface area contributed by atoms with Gasteiger partial charge in [-0.15, -0.1) is 0 Å². The van der Waals surface area contributed by atoms with E-state index in [2.05, 4.69) is 11.8 Å². The number of ether oxygens (including phenoxy) is 1. The second-order valence-electron chi connectivity index (χ2n) is 12.6. The average molecular weight is 522 g/mol. The van der Waals surface area contributed by atoms with Gasteiger partial charge in [-0.1, -0.05) is 44.7 Å². The van der Waals surface area contributed by atoms with Gasteiger partial charge in [0.2, 0.25) is 0 Å². The first-order chi connectivity index (χ1) is 18.4. The second-order valence-corrected chi connectivity index (χ2v) is 12.6. The Morgan fingerprint density at radius 2 is 1.63 bits per heavy atom. The van der Waals surface area contributed by atoms with Gasteiger partial charge in [-0.2, -0.15) is 0 Å². The number of carbonyl (C=O) groups excluding carboxylic acids is 1. The van der Waals surface area contributed by atoms with E-state index in [4.69, 9.17) is 4.74 Å². The number of para-hydroxylation sites is 1. The molecule has 7 atom stereocenters. The summed E-state index contributed by atoms with van der Waals surface area (Å²) in [6.45, 7) is 4.21. The topological polar surface area (TPSA) is 73.5 Å². The number of hydrogen-bond donors (Lipinski definition) is 0. The molecular weight excluding hydrogens is 478 g/mol. The number of piperidine rings is 2. The van der Waals surface area contributed by atoms with Gasteiger partial charge in [0, 0.05) is 24.2 Å². The summed E-state index contributed by atoms with van der Waals surface area (Å²) in [7, 11) is 0. The molecule has 7 nitrogen and oxygen atoms in total. The monoisotopic (exact) mass is 521 g/mol. The van der Waals surface area contributed by atoms with E-state index in [1.54, 1.807) is 25.1 Å². The van der Waals surface area contributed by atoms with Crippen LogP contribution < -0.4 is 11.2 Å². The minimum Gasteiger partial charge on any atom is -0.465 e. The molecule has 2 aromatic rings. The maximum absolute atomic E-state index is 13.9. The van der Waals surface area contributed by atoms with Crippen LogP contribution >= 0.6 is 0 Å². The Labute approximate surface area is 225 Å². The lowest BCUT2D eigenvalue weighted by molar-refractivity contribution is -0.143. The molecule has 4 bridgehead atoms. The van der Waals surface area contributed by atoms with Crippen molar-refractivity contribution in [3.8, 4) is 0 Å². The number of fused-ring (bicyclic) bond motifs is 5. The first-order valence-corrected chi connectivity index (χ1v) is 15.1. The fraction of sp³-hybridized carbons (Fsp3) is 0.710. The summed E-state index contributed by atoms with van der Waals surface area (Å²) < 4.78 is 8.12. The molecule has 206 valence electrons. The van der Waals surface area contributed by atoms with Gasteiger partial charge in [0.25, 0.3) is 5.56 Å². The van der Waals surface area contributed by atoms with Gasteiger partial charge in [0.1, 0.15) is 6.54 Å². The standard InChI is InChI=1S/C31H43N3O4/c1-3-38-29(35)19-32-27-11-7-6-10-26(27)30(36)34(31(32)37)25-17-23-13-12-20(2)28(18-25)33(23)24-15-21-8-4-5-9-22(14-21)16-24/h6-7,10-11,20-25,28H,3-5,8-9,12-19H2,1-2H3/t20-,21-,22+,23+,24?,25?,28+/m1/s1. The molecular formula is C31H43N3O4. The molecule has 2 saturated heterocycles. The quantitative estimate of drug-likeness (QED) is 0.524. The zero-order valence-electron chi connectivity index (χ0n) is 23.0. The lowest BCUT2D eigenvalue weighted by Gasteiger charge is -2.56. The Bertz CT molecular complexity index is 1280. The Kier molecular flexibility index (Phi) is 7.23. The molecule has 2 aliphatic heterocycles. The molecule has 38 heavy (non-hydrogen) atoms. The van der Waals surface area contributed by atoms with Crippen LogP contribution in [0, 0.1) is 17.8 Å². The molecule has 1 aromatic heterocycles. The number of carbonyl (C=O) groups is 1. The van der Waals surface area contributed by atoms with Crippen molar-refractivity contribution in [2.75, 3.05) is 6.61 Å². The third kappa shape index (κ3) is 4.65. The summed E-state index contributed by atoms with van der Waals surface area (Å²) in [6, 6.07) is 8.47. The van der Waals surface area contributed by atoms with Crippen molar-refractivity contribution >= 4 is 16.9 Å². The zero-order chi connectivity index (χ0) is 26.4. The fourth-order valence-corrected chi connectivity index (χ4v) is 8.68. The van der Waals surface area contributed by atoms with Crippen LogP contribution in [0.5, 0.6) is 0 Å². The highest BCUT2D eigenvalue weighted by atomic mass is 16.5. The number of hydrogen-bond acceptors (Lipinski definition) is 5. The summed E-state index contributed by atoms with van der Waals surface area (Å²) in [5, 5.41) is 0.494. The van der Waals surface area contributed by atoms with Crippen LogP contribution in [0.15, 0.2) is 33.9 Å². The largest absolute Gasteiger partial charge is 0.465 e. The maximum atomic E-state index is 13.9. The number of rotatable bonds is 5. The molecule has 2 aliphatic carbocycles. The van der Waals surface area contributed by atoms with E-state index in [-0.39, 0.29) is 30.4 Å². The van der Waals surface area contributed by atoms with Crippen LogP contribution in [0.2, 0.25) is 0 Å². The Hall–Kier alpha value is -2.41. The Balaban J connectivity index is 1.35. The Morgan fingerprint density at radius 3 is 2.37 bits per heavy atom. The number of nitrogens with zero attached hydrogens (tertiary/aromatic N) is 3. The van der Waals surface area contributed by atoms with Crippen molar-refractivity contribution in [3.05, 3.63) is 45.1 Å². The highest BCUT2D eigenvalue weighted by Crippen LogP contribution is 2.47. The van der Waals surface area contributed by atoms with Gasteiger partial charge < -0.3 is 4.74 Å². The van der Waals surface area contributed by atoms with Gasteiger partial charge in [-0.25, -0.2) is 4.79 Å². The Morgan fingerprint density at radius 1 is 0.895 bits per heavy atom. The molecule has 2 unspecified atom stereocenters. The maximum Gasteiger partial charge on any atom is 0.332 e. The summed E-state index contributed by atoms with van der Waals surface area (Å²) in [6.07, 6.45) is 13.7. The van der Waals surface area contributed by atoms with Crippen LogP contribution in [0.4, 0.5) is 0 Å². The van der Waals surface area contributed by atoms with Crippen LogP contribution in [-0.2, 0) is 16.1 Å². The van der Waals surface area contributed by atoms with Crippen LogP contribution in [0.1, 0.15) is 90.5 Å². The molecule has 2 saturated carbocycles. The fourth-order valence-electron chi connectivity index (χ4n) is 8.68. The minimum absolute atomic E-state index is 0.145. The third-order valence-corrected chi connectivity index (χ3v) is 10.3. The molecule has 0 N–H and O–H groups in total. The molecule has 1 aromatic carbocycles. The molecule has 4 fully saturated rings. The third-order valence-electron chi connectivity index (χ3n) is 10.3. The predicted octanol–water partition coefficient (Wildman–Crippen LogP) is 4.89. The van der Waals surface area contributed by atoms with Crippen LogP contribution in [0.25, 0.3) is 10.9 Å². The molecule has 7 heteroatoms. The smallest absolute Gasteiger partial charge is 0.332 e. The summed E-state index contributed by atoms with van der Waals surface area (Å²) in [5.41, 5.74) is -0.101. The molecule has 4 aliphatic rings. The van der Waals surface area contributed by atoms with E-state index in [0.717, 1.165) is 31.1 Å². The predicted molar refractivity (Wildman–Crippen MR) is 148 cm³/mol. The molecule has 3 heterocycles. The normalized spacial score (nSPS) is 33.6. The van der Waals surface area contributed by atoms with Gasteiger partial charge in [0.15, 0.2) is 0 Å². The van der Waals surface area contributed by atoms with E-state index in [1.165, 1.54) is 60.5 Å². The highest BCUT2D eigenvalue weighted by molar-refractivity contribution is 5.80. The number of esters is 1. The molecule has 0 spiro atoms. The van der Waals surface area contributed by atoms with Crippen molar-refractivity contribution < 1.29 is 9.53 Å². The number of aromatic nitrogens is 2. The minimum atomic E-state index is -0.455. The van der Waals surface area contributed by atoms with E-state index < -0.39 is 5.97 Å². The number of benzene rings is 1. The van der Waals surface area contributed by atoms with Gasteiger partial charge in [-0.05, 0) is 81.8 Å². The summed E-state index contributed by atoms with van der Waals surface area (Å²) >= 11 is 0. The van der Waals surface area contributed by atoms with Crippen molar-refractivity contribution in [1.29, 1.82) is 0 Å². The molecule has 6 rings (SSSR count). The van der Waals surface area contributed by atoms with Crippen molar-refractivity contribution in [1.82, 2.24) is 14.0 Å². The highest BCUT2D eigenvalue weighted by Gasteiger charge is 2.47. The average Bonchev–Trinajstić information content (AvgIpc) is 3.08. The van der Waals surface area contributed by atoms with Crippen LogP contribution in [-0.4, -0.2) is 44.7 Å². The molecule has 0 radical (unpaired) electrons. The van der Waals surface area contributed by atoms with Crippen LogP contribution in [0.3, 0.4) is 0 Å². The van der Waals surface area contributed by atoms with E-state index in [9.17, 15) is 14.4 Å². The van der Waals surface area contributed by atoms with Crippen molar-refractivity contribution in [2.45, 2.75) is 115 Å². The zero-order valence-corrected chi connectivity index (χ0v) is 23.0. The van der Waals surface area contributed by atoms with Crippen molar-refractivity contribution in [3.63, 3.8) is 0 Å². The molecule has 0 amide bonds. The summed E-state index contributed by atoms with van der Waals surface area (Å²) in [5.74, 6) is 1.83. The first-order valence-electron chi connectivity index (χ1n) is 15.1. The van der Waals surface area contributed by atoms with Crippen molar-refractivity contribution in [2.24, 2.45) is 17.8 Å². The first kappa shape index (κ1) is 25.8. The van der Waals surface area contributed by atoms with E-state index >= 15 is 0 Å². The van der Waals surface area contributed by atoms with Gasteiger partial charge in [0.05, 0.1) is 17.5 Å². The van der Waals surface area contributed by atoms with E-state index in [0.29, 0.717) is 34.9 Å². The lowest BCUT2D eigenvalue weighted by Crippen LogP contribution is -2.61. The van der Waals surface area contributed by atoms with Gasteiger partial charge in [-0.3, -0.25) is 23.6 Å². The lowest BCUT2D eigenvalue weighted by atomic mass is 9.71.